The van der Waals surface area contributed by atoms with Gasteiger partial charge in [0, 0.05) is 36.2 Å². The number of nitrogens with zero attached hydrogens (tertiary/aromatic N) is 3. The molecule has 0 spiro atoms. The number of benzene rings is 2. The molecule has 1 amide bonds. The second-order valence-electron chi connectivity index (χ2n) is 7.07. The number of hydrogen-bond donors (Lipinski definition) is 1. The maximum absolute atomic E-state index is 13.1. The van der Waals surface area contributed by atoms with Crippen molar-refractivity contribution >= 4 is 21.6 Å². The van der Waals surface area contributed by atoms with Crippen molar-refractivity contribution in [3.05, 3.63) is 66.0 Å². The number of anilines is 1. The second kappa shape index (κ2) is 9.97. The summed E-state index contributed by atoms with van der Waals surface area (Å²) in [5.74, 6) is -0.0829. The van der Waals surface area contributed by atoms with E-state index in [0.29, 0.717) is 30.9 Å². The van der Waals surface area contributed by atoms with Crippen molar-refractivity contribution in [2.45, 2.75) is 32.6 Å². The lowest BCUT2D eigenvalue weighted by Gasteiger charge is -2.21. The first kappa shape index (κ1) is 23.5. The Morgan fingerprint density at radius 1 is 1.06 bits per heavy atom. The number of amides is 1. The van der Waals surface area contributed by atoms with Gasteiger partial charge in [0.2, 0.25) is 10.0 Å². The van der Waals surface area contributed by atoms with Crippen LogP contribution in [-0.2, 0) is 10.0 Å². The largest absolute Gasteiger partial charge is 0.492 e. The Balaban J connectivity index is 1.87. The summed E-state index contributed by atoms with van der Waals surface area (Å²) >= 11 is 0. The second-order valence-corrected chi connectivity index (χ2v) is 8.98. The van der Waals surface area contributed by atoms with E-state index >= 15 is 0 Å². The fourth-order valence-electron chi connectivity index (χ4n) is 3.36. The molecule has 0 bridgehead atoms. The normalized spacial score (nSPS) is 11.5. The Morgan fingerprint density at radius 2 is 1.75 bits per heavy atom. The van der Waals surface area contributed by atoms with Crippen LogP contribution in [0.25, 0.3) is 5.69 Å². The Hall–Kier alpha value is -3.17. The van der Waals surface area contributed by atoms with E-state index in [9.17, 15) is 13.2 Å². The van der Waals surface area contributed by atoms with Crippen molar-refractivity contribution in [1.82, 2.24) is 14.1 Å². The molecule has 0 radical (unpaired) electrons. The van der Waals surface area contributed by atoms with Gasteiger partial charge in [-0.3, -0.25) is 4.79 Å². The Kier molecular flexibility index (Phi) is 7.32. The fourth-order valence-corrected chi connectivity index (χ4v) is 4.98. The number of ether oxygens (including phenoxy) is 1. The molecule has 0 aliphatic carbocycles. The number of carbonyl (C=O) groups excluding carboxylic acids is 1. The summed E-state index contributed by atoms with van der Waals surface area (Å²) < 4.78 is 34.9. The van der Waals surface area contributed by atoms with Gasteiger partial charge < -0.3 is 10.1 Å². The number of nitrogens with one attached hydrogen (secondary N) is 1. The van der Waals surface area contributed by atoms with Gasteiger partial charge in [0.15, 0.2) is 0 Å². The highest BCUT2D eigenvalue weighted by Crippen LogP contribution is 2.30. The lowest BCUT2D eigenvalue weighted by atomic mass is 10.2. The molecule has 32 heavy (non-hydrogen) atoms. The molecule has 3 rings (SSSR count). The predicted octanol–water partition coefficient (Wildman–Crippen LogP) is 3.86. The van der Waals surface area contributed by atoms with E-state index in [2.05, 4.69) is 10.4 Å². The van der Waals surface area contributed by atoms with Crippen LogP contribution in [0.4, 0.5) is 5.69 Å². The highest BCUT2D eigenvalue weighted by molar-refractivity contribution is 7.89. The van der Waals surface area contributed by atoms with Crippen molar-refractivity contribution in [3.8, 4) is 11.4 Å². The topological polar surface area (TPSA) is 93.5 Å². The summed E-state index contributed by atoms with van der Waals surface area (Å²) in [7, 11) is -3.76. The summed E-state index contributed by atoms with van der Waals surface area (Å²) in [5, 5.41) is 7.04. The van der Waals surface area contributed by atoms with E-state index in [-0.39, 0.29) is 16.6 Å². The lowest BCUT2D eigenvalue weighted by molar-refractivity contribution is 0.102. The first-order valence-electron chi connectivity index (χ1n) is 10.5. The van der Waals surface area contributed by atoms with Crippen molar-refractivity contribution in [3.63, 3.8) is 0 Å². The molecule has 1 heterocycles. The third-order valence-corrected chi connectivity index (χ3v) is 7.10. The molecule has 2 aromatic carbocycles. The van der Waals surface area contributed by atoms with E-state index in [4.69, 9.17) is 4.74 Å². The van der Waals surface area contributed by atoms with E-state index in [1.165, 1.54) is 10.4 Å². The van der Waals surface area contributed by atoms with Crippen molar-refractivity contribution in [1.29, 1.82) is 0 Å². The maximum atomic E-state index is 13.1. The Morgan fingerprint density at radius 3 is 2.31 bits per heavy atom. The molecule has 170 valence electrons. The molecule has 0 unspecified atom stereocenters. The molecule has 0 fully saturated rings. The zero-order valence-electron chi connectivity index (χ0n) is 18.7. The quantitative estimate of drug-likeness (QED) is 0.528. The van der Waals surface area contributed by atoms with Crippen LogP contribution in [0.2, 0.25) is 0 Å². The SMILES string of the molecule is CCOc1ccc(NC(=O)c2ccc(-n3nccc3C)cc2)cc1S(=O)(=O)N(CC)CC. The van der Waals surface area contributed by atoms with Gasteiger partial charge in [-0.05, 0) is 62.4 Å². The number of carbonyl (C=O) groups is 1. The van der Waals surface area contributed by atoms with Gasteiger partial charge >= 0.3 is 0 Å². The number of aryl methyl sites for hydroxylation is 1. The summed E-state index contributed by atoms with van der Waals surface area (Å²) in [6, 6.07) is 13.6. The zero-order chi connectivity index (χ0) is 23.3. The number of sulfonamides is 1. The molecular weight excluding hydrogens is 428 g/mol. The van der Waals surface area contributed by atoms with Crippen molar-refractivity contribution < 1.29 is 17.9 Å². The number of aromatic nitrogens is 2. The molecule has 0 aliphatic rings. The highest BCUT2D eigenvalue weighted by Gasteiger charge is 2.26. The standard InChI is InChI=1S/C23H28N4O4S/c1-5-26(6-2)32(29,30)22-16-19(10-13-21(22)31-7-3)25-23(28)18-8-11-20(12-9-18)27-17(4)14-15-24-27/h8-16H,5-7H2,1-4H3,(H,25,28). The van der Waals surface area contributed by atoms with Gasteiger partial charge in [-0.25, -0.2) is 13.1 Å². The minimum atomic E-state index is -3.76. The average molecular weight is 457 g/mol. The number of rotatable bonds is 9. The van der Waals surface area contributed by atoms with Crippen LogP contribution < -0.4 is 10.1 Å². The molecule has 1 aromatic heterocycles. The van der Waals surface area contributed by atoms with E-state index < -0.39 is 10.0 Å². The van der Waals surface area contributed by atoms with Gasteiger partial charge in [0.25, 0.3) is 5.91 Å². The van der Waals surface area contributed by atoms with Crippen LogP contribution in [0.15, 0.2) is 59.6 Å². The molecule has 0 atom stereocenters. The third kappa shape index (κ3) is 4.84. The van der Waals surface area contributed by atoms with Crippen LogP contribution in [0.1, 0.15) is 36.8 Å². The maximum Gasteiger partial charge on any atom is 0.255 e. The smallest absolute Gasteiger partial charge is 0.255 e. The molecule has 0 saturated heterocycles. The Labute approximate surface area is 188 Å². The van der Waals surface area contributed by atoms with Gasteiger partial charge in [0.05, 0.1) is 12.3 Å². The molecule has 9 heteroatoms. The summed E-state index contributed by atoms with van der Waals surface area (Å²) in [6.07, 6.45) is 1.71. The van der Waals surface area contributed by atoms with Crippen LogP contribution in [-0.4, -0.2) is 48.1 Å². The summed E-state index contributed by atoms with van der Waals surface area (Å²) in [4.78, 5) is 12.8. The Bertz CT molecular complexity index is 1180. The minimum absolute atomic E-state index is 0.0327. The van der Waals surface area contributed by atoms with Crippen LogP contribution in [0.3, 0.4) is 0 Å². The van der Waals surface area contributed by atoms with E-state index in [1.54, 1.807) is 55.9 Å². The van der Waals surface area contributed by atoms with Gasteiger partial charge in [-0.15, -0.1) is 0 Å². The van der Waals surface area contributed by atoms with Crippen LogP contribution in [0.5, 0.6) is 5.75 Å². The highest BCUT2D eigenvalue weighted by atomic mass is 32.2. The van der Waals surface area contributed by atoms with Gasteiger partial charge in [-0.1, -0.05) is 13.8 Å². The van der Waals surface area contributed by atoms with E-state index in [0.717, 1.165) is 11.4 Å². The molecule has 1 N–H and O–H groups in total. The van der Waals surface area contributed by atoms with Gasteiger partial charge in [0.1, 0.15) is 10.6 Å². The summed E-state index contributed by atoms with van der Waals surface area (Å²) in [6.45, 7) is 8.30. The fraction of sp³-hybridized carbons (Fsp3) is 0.304. The number of hydrogen-bond acceptors (Lipinski definition) is 5. The predicted molar refractivity (Wildman–Crippen MR) is 124 cm³/mol. The minimum Gasteiger partial charge on any atom is -0.492 e. The molecule has 0 saturated carbocycles. The van der Waals surface area contributed by atoms with Crippen molar-refractivity contribution in [2.24, 2.45) is 0 Å². The molecule has 0 aliphatic heterocycles. The average Bonchev–Trinajstić information content (AvgIpc) is 3.21. The monoisotopic (exact) mass is 456 g/mol. The first-order valence-corrected chi connectivity index (χ1v) is 11.9. The van der Waals surface area contributed by atoms with Crippen LogP contribution in [0, 0.1) is 6.92 Å². The molecule has 8 nitrogen and oxygen atoms in total. The summed E-state index contributed by atoms with van der Waals surface area (Å²) in [5.41, 5.74) is 2.65. The molecular formula is C23H28N4O4S. The van der Waals surface area contributed by atoms with E-state index in [1.807, 2.05) is 25.1 Å². The zero-order valence-corrected chi connectivity index (χ0v) is 19.5. The van der Waals surface area contributed by atoms with Crippen molar-refractivity contribution in [2.75, 3.05) is 25.0 Å². The van der Waals surface area contributed by atoms with Crippen LogP contribution >= 0.6 is 0 Å². The van der Waals surface area contributed by atoms with Gasteiger partial charge in [-0.2, -0.15) is 9.40 Å². The lowest BCUT2D eigenvalue weighted by Crippen LogP contribution is -2.31. The molecule has 3 aromatic rings. The third-order valence-electron chi connectivity index (χ3n) is 5.03. The first-order chi connectivity index (χ1) is 15.3.